The number of hydrogen-bond donors (Lipinski definition) is 2. The van der Waals surface area contributed by atoms with Crippen molar-refractivity contribution in [2.45, 2.75) is 33.2 Å². The average Bonchev–Trinajstić information content (AvgIpc) is 2.65. The van der Waals surface area contributed by atoms with E-state index >= 15 is 0 Å². The quantitative estimate of drug-likeness (QED) is 0.847. The molecule has 0 aromatic heterocycles. The first-order chi connectivity index (χ1) is 13.0. The van der Waals surface area contributed by atoms with Crippen molar-refractivity contribution >= 4 is 23.2 Å². The van der Waals surface area contributed by atoms with Crippen molar-refractivity contribution in [3.05, 3.63) is 59.7 Å². The molecule has 0 aliphatic carbocycles. The molecule has 5 nitrogen and oxygen atoms in total. The Kier molecular flexibility index (Phi) is 6.24. The molecule has 1 heterocycles. The number of benzene rings is 2. The maximum atomic E-state index is 12.5. The summed E-state index contributed by atoms with van der Waals surface area (Å²) >= 11 is 0. The van der Waals surface area contributed by atoms with Crippen LogP contribution in [0.3, 0.4) is 0 Å². The topological polar surface area (TPSA) is 61.4 Å². The lowest BCUT2D eigenvalue weighted by Gasteiger charge is -2.31. The number of amides is 2. The summed E-state index contributed by atoms with van der Waals surface area (Å²) in [5.74, 6) is 0.0238. The largest absolute Gasteiger partial charge is 0.326 e. The molecule has 2 amide bonds. The SMILES string of the molecule is CC(=O)Nc1ccc(NC(=O)C2CCN(Cc3ccc(C)cc3)CC2)cc1. The second-order valence-corrected chi connectivity index (χ2v) is 7.28. The van der Waals surface area contributed by atoms with Gasteiger partial charge in [-0.2, -0.15) is 0 Å². The Balaban J connectivity index is 1.46. The zero-order valence-corrected chi connectivity index (χ0v) is 16.0. The highest BCUT2D eigenvalue weighted by molar-refractivity contribution is 5.93. The van der Waals surface area contributed by atoms with Gasteiger partial charge in [-0.25, -0.2) is 0 Å². The van der Waals surface area contributed by atoms with Gasteiger partial charge in [0.25, 0.3) is 0 Å². The van der Waals surface area contributed by atoms with E-state index in [9.17, 15) is 9.59 Å². The summed E-state index contributed by atoms with van der Waals surface area (Å²) in [5.41, 5.74) is 4.09. The van der Waals surface area contributed by atoms with Crippen molar-refractivity contribution in [1.82, 2.24) is 4.90 Å². The lowest BCUT2D eigenvalue weighted by atomic mass is 9.95. The van der Waals surface area contributed by atoms with Crippen LogP contribution < -0.4 is 10.6 Å². The van der Waals surface area contributed by atoms with Gasteiger partial charge < -0.3 is 10.6 Å². The first-order valence-electron chi connectivity index (χ1n) is 9.46. The summed E-state index contributed by atoms with van der Waals surface area (Å²) in [4.78, 5) is 26.0. The van der Waals surface area contributed by atoms with Crippen LogP contribution in [0.15, 0.2) is 48.5 Å². The number of piperidine rings is 1. The minimum atomic E-state index is -0.107. The summed E-state index contributed by atoms with van der Waals surface area (Å²) in [6.07, 6.45) is 1.75. The second-order valence-electron chi connectivity index (χ2n) is 7.28. The molecule has 27 heavy (non-hydrogen) atoms. The Bertz CT molecular complexity index is 776. The maximum Gasteiger partial charge on any atom is 0.227 e. The van der Waals surface area contributed by atoms with Gasteiger partial charge in [-0.15, -0.1) is 0 Å². The van der Waals surface area contributed by atoms with Gasteiger partial charge in [-0.05, 0) is 62.7 Å². The molecule has 1 saturated heterocycles. The molecule has 0 spiro atoms. The highest BCUT2D eigenvalue weighted by atomic mass is 16.2. The minimum Gasteiger partial charge on any atom is -0.326 e. The molecule has 0 saturated carbocycles. The lowest BCUT2D eigenvalue weighted by Crippen LogP contribution is -2.37. The first kappa shape index (κ1) is 19.1. The van der Waals surface area contributed by atoms with Crippen LogP contribution in [0.2, 0.25) is 0 Å². The fourth-order valence-corrected chi connectivity index (χ4v) is 3.39. The molecule has 1 aliphatic heterocycles. The van der Waals surface area contributed by atoms with Crippen molar-refractivity contribution in [2.75, 3.05) is 23.7 Å². The van der Waals surface area contributed by atoms with Crippen molar-refractivity contribution in [3.63, 3.8) is 0 Å². The average molecular weight is 365 g/mol. The number of nitrogens with one attached hydrogen (secondary N) is 2. The second kappa shape index (κ2) is 8.82. The standard InChI is InChI=1S/C22H27N3O2/c1-16-3-5-18(6-4-16)15-25-13-11-19(12-14-25)22(27)24-21-9-7-20(8-10-21)23-17(2)26/h3-10,19H,11-15H2,1-2H3,(H,23,26)(H,24,27). The summed E-state index contributed by atoms with van der Waals surface area (Å²) in [6, 6.07) is 15.9. The molecule has 1 fully saturated rings. The molecule has 0 atom stereocenters. The maximum absolute atomic E-state index is 12.5. The van der Waals surface area contributed by atoms with Crippen molar-refractivity contribution in [3.8, 4) is 0 Å². The fourth-order valence-electron chi connectivity index (χ4n) is 3.39. The summed E-state index contributed by atoms with van der Waals surface area (Å²) in [5, 5.41) is 5.71. The van der Waals surface area contributed by atoms with E-state index in [1.165, 1.54) is 18.1 Å². The third kappa shape index (κ3) is 5.66. The first-order valence-corrected chi connectivity index (χ1v) is 9.46. The van der Waals surface area contributed by atoms with E-state index in [4.69, 9.17) is 0 Å². The van der Waals surface area contributed by atoms with Crippen LogP contribution in [-0.4, -0.2) is 29.8 Å². The van der Waals surface area contributed by atoms with Gasteiger partial charge in [0.15, 0.2) is 0 Å². The van der Waals surface area contributed by atoms with Crippen molar-refractivity contribution in [1.29, 1.82) is 0 Å². The van der Waals surface area contributed by atoms with Gasteiger partial charge in [0.2, 0.25) is 11.8 Å². The molecule has 0 unspecified atom stereocenters. The molecule has 1 aliphatic rings. The van der Waals surface area contributed by atoms with E-state index < -0.39 is 0 Å². The van der Waals surface area contributed by atoms with Crippen LogP contribution in [-0.2, 0) is 16.1 Å². The number of aryl methyl sites for hydroxylation is 1. The molecule has 0 radical (unpaired) electrons. The molecule has 142 valence electrons. The fraction of sp³-hybridized carbons (Fsp3) is 0.364. The molecule has 2 N–H and O–H groups in total. The molecule has 3 rings (SSSR count). The number of nitrogens with zero attached hydrogens (tertiary/aromatic N) is 1. The summed E-state index contributed by atoms with van der Waals surface area (Å²) < 4.78 is 0. The monoisotopic (exact) mass is 365 g/mol. The number of anilines is 2. The van der Waals surface area contributed by atoms with Crippen LogP contribution in [0.1, 0.15) is 30.9 Å². The Morgan fingerprint density at radius 3 is 2.04 bits per heavy atom. The van der Waals surface area contributed by atoms with E-state index in [0.717, 1.165) is 43.9 Å². The van der Waals surface area contributed by atoms with Crippen molar-refractivity contribution < 1.29 is 9.59 Å². The minimum absolute atomic E-state index is 0.0503. The Morgan fingerprint density at radius 1 is 0.926 bits per heavy atom. The van der Waals surface area contributed by atoms with Gasteiger partial charge in [-0.1, -0.05) is 29.8 Å². The molecule has 5 heteroatoms. The number of rotatable bonds is 5. The predicted molar refractivity (Wildman–Crippen MR) is 109 cm³/mol. The number of hydrogen-bond acceptors (Lipinski definition) is 3. The number of likely N-dealkylation sites (tertiary alicyclic amines) is 1. The molecule has 2 aromatic carbocycles. The molecular weight excluding hydrogens is 338 g/mol. The third-order valence-electron chi connectivity index (χ3n) is 4.96. The highest BCUT2D eigenvalue weighted by Crippen LogP contribution is 2.22. The van der Waals surface area contributed by atoms with Gasteiger partial charge in [0.1, 0.15) is 0 Å². The zero-order chi connectivity index (χ0) is 19.2. The van der Waals surface area contributed by atoms with Crippen LogP contribution in [0, 0.1) is 12.8 Å². The summed E-state index contributed by atoms with van der Waals surface area (Å²) in [7, 11) is 0. The molecule has 0 bridgehead atoms. The normalized spacial score (nSPS) is 15.3. The van der Waals surface area contributed by atoms with Gasteiger partial charge in [0.05, 0.1) is 0 Å². The number of carbonyl (C=O) groups is 2. The number of carbonyl (C=O) groups excluding carboxylic acids is 2. The van der Waals surface area contributed by atoms with E-state index in [-0.39, 0.29) is 17.7 Å². The van der Waals surface area contributed by atoms with Crippen LogP contribution >= 0.6 is 0 Å². The van der Waals surface area contributed by atoms with Crippen molar-refractivity contribution in [2.24, 2.45) is 5.92 Å². The Morgan fingerprint density at radius 2 is 1.48 bits per heavy atom. The highest BCUT2D eigenvalue weighted by Gasteiger charge is 2.25. The smallest absolute Gasteiger partial charge is 0.227 e. The van der Waals surface area contributed by atoms with E-state index in [1.807, 2.05) is 12.1 Å². The van der Waals surface area contributed by atoms with Crippen LogP contribution in [0.25, 0.3) is 0 Å². The van der Waals surface area contributed by atoms with E-state index in [0.29, 0.717) is 0 Å². The van der Waals surface area contributed by atoms with Gasteiger partial charge in [0, 0.05) is 30.8 Å². The zero-order valence-electron chi connectivity index (χ0n) is 16.0. The van der Waals surface area contributed by atoms with E-state index in [1.54, 1.807) is 12.1 Å². The molecule has 2 aromatic rings. The van der Waals surface area contributed by atoms with Crippen LogP contribution in [0.4, 0.5) is 11.4 Å². The van der Waals surface area contributed by atoms with Gasteiger partial charge >= 0.3 is 0 Å². The predicted octanol–water partition coefficient (Wildman–Crippen LogP) is 3.80. The summed E-state index contributed by atoms with van der Waals surface area (Å²) in [6.45, 7) is 6.39. The third-order valence-corrected chi connectivity index (χ3v) is 4.96. The van der Waals surface area contributed by atoms with E-state index in [2.05, 4.69) is 46.7 Å². The molecular formula is C22H27N3O2. The van der Waals surface area contributed by atoms with Gasteiger partial charge in [-0.3, -0.25) is 14.5 Å². The Labute approximate surface area is 160 Å². The Hall–Kier alpha value is -2.66. The van der Waals surface area contributed by atoms with Crippen LogP contribution in [0.5, 0.6) is 0 Å². The lowest BCUT2D eigenvalue weighted by molar-refractivity contribution is -0.121.